The van der Waals surface area contributed by atoms with Crippen molar-refractivity contribution in [3.05, 3.63) is 53.7 Å². The topological polar surface area (TPSA) is 133 Å². The van der Waals surface area contributed by atoms with Crippen molar-refractivity contribution in [1.29, 1.82) is 0 Å². The van der Waals surface area contributed by atoms with Crippen molar-refractivity contribution in [2.24, 2.45) is 0 Å². The van der Waals surface area contributed by atoms with Crippen LogP contribution in [0.15, 0.2) is 42.6 Å². The van der Waals surface area contributed by atoms with E-state index in [4.69, 9.17) is 14.6 Å². The highest BCUT2D eigenvalue weighted by atomic mass is 19.4. The van der Waals surface area contributed by atoms with Gasteiger partial charge in [-0.2, -0.15) is 13.2 Å². The molecule has 0 aliphatic carbocycles. The highest BCUT2D eigenvalue weighted by Gasteiger charge is 2.39. The molecule has 14 heteroatoms. The van der Waals surface area contributed by atoms with Gasteiger partial charge in [-0.15, -0.1) is 0 Å². The van der Waals surface area contributed by atoms with Gasteiger partial charge in [0.15, 0.2) is 0 Å². The van der Waals surface area contributed by atoms with Crippen molar-refractivity contribution in [3.8, 4) is 5.88 Å². The van der Waals surface area contributed by atoms with E-state index < -0.39 is 54.8 Å². The predicted octanol–water partition coefficient (Wildman–Crippen LogP) is 1.78. The smallest absolute Gasteiger partial charge is 0.416 e. The van der Waals surface area contributed by atoms with E-state index >= 15 is 0 Å². The lowest BCUT2D eigenvalue weighted by Crippen LogP contribution is -2.48. The number of hydrogen-bond donors (Lipinski definition) is 3. The van der Waals surface area contributed by atoms with Crippen LogP contribution >= 0.6 is 0 Å². The van der Waals surface area contributed by atoms with Gasteiger partial charge in [0, 0.05) is 43.9 Å². The van der Waals surface area contributed by atoms with E-state index in [9.17, 15) is 27.6 Å². The van der Waals surface area contributed by atoms with E-state index in [0.717, 1.165) is 43.8 Å². The minimum Gasteiger partial charge on any atom is -0.481 e. The molecule has 0 spiro atoms. The Morgan fingerprint density at radius 3 is 2.51 bits per heavy atom. The summed E-state index contributed by atoms with van der Waals surface area (Å²) in [4.78, 5) is 44.8. The fourth-order valence-corrected chi connectivity index (χ4v) is 5.11. The number of carbonyl (C=O) groups excluding carboxylic acids is 2. The number of ether oxygens (including phenoxy) is 2. The number of benzene rings is 1. The van der Waals surface area contributed by atoms with E-state index in [1.807, 2.05) is 12.1 Å². The molecule has 2 atom stereocenters. The predicted molar refractivity (Wildman–Crippen MR) is 141 cm³/mol. The number of likely N-dealkylation sites (tertiary alicyclic amines) is 1. The molecule has 41 heavy (non-hydrogen) atoms. The fraction of sp³-hybridized carbons (Fsp3) is 0.481. The zero-order valence-electron chi connectivity index (χ0n) is 22.4. The normalized spacial score (nSPS) is 20.0. The molecule has 2 aromatic rings. The number of nitrogens with zero attached hydrogens (tertiary/aromatic N) is 3. The first kappa shape index (κ1) is 30.1. The molecule has 2 saturated heterocycles. The molecule has 3 N–H and O–H groups in total. The number of hydrogen-bond acceptors (Lipinski definition) is 8. The third-order valence-corrected chi connectivity index (χ3v) is 7.20. The number of nitrogens with one attached hydrogen (secondary N) is 2. The minimum atomic E-state index is -4.60. The molecule has 0 bridgehead atoms. The summed E-state index contributed by atoms with van der Waals surface area (Å²) < 4.78 is 49.5. The minimum absolute atomic E-state index is 0.191. The van der Waals surface area contributed by atoms with Gasteiger partial charge in [-0.3, -0.25) is 14.5 Å². The van der Waals surface area contributed by atoms with Crippen LogP contribution in [-0.2, 0) is 20.5 Å². The lowest BCUT2D eigenvalue weighted by atomic mass is 10.0. The number of anilines is 1. The maximum Gasteiger partial charge on any atom is 0.416 e. The number of alkyl halides is 3. The van der Waals surface area contributed by atoms with Crippen LogP contribution in [0.2, 0.25) is 0 Å². The van der Waals surface area contributed by atoms with Crippen LogP contribution in [0.1, 0.15) is 28.8 Å². The summed E-state index contributed by atoms with van der Waals surface area (Å²) in [5, 5.41) is 14.2. The summed E-state index contributed by atoms with van der Waals surface area (Å²) in [6.45, 7) is 1.42. The average Bonchev–Trinajstić information content (AvgIpc) is 3.36. The first-order valence-corrected chi connectivity index (χ1v) is 13.1. The first-order valence-electron chi connectivity index (χ1n) is 13.1. The van der Waals surface area contributed by atoms with Gasteiger partial charge in [-0.05, 0) is 37.1 Å². The van der Waals surface area contributed by atoms with Gasteiger partial charge in [-0.1, -0.05) is 6.07 Å². The summed E-state index contributed by atoms with van der Waals surface area (Å²) in [6, 6.07) is 7.33. The number of pyridine rings is 1. The molecule has 2 aliphatic rings. The number of piperidine rings is 1. The summed E-state index contributed by atoms with van der Waals surface area (Å²) in [5.74, 6) is -1.99. The SMILES string of the molecule is COc1ccc(N2CCC(N3CC(NC(=O)CNC(=O)c4cccc(C(F)(F)F)c4)C(OCC(=O)O)C3)CC2)cn1. The molecule has 222 valence electrons. The van der Waals surface area contributed by atoms with Gasteiger partial charge in [0.25, 0.3) is 5.91 Å². The van der Waals surface area contributed by atoms with Crippen molar-refractivity contribution in [3.63, 3.8) is 0 Å². The Bertz CT molecular complexity index is 1220. The average molecular weight is 580 g/mol. The van der Waals surface area contributed by atoms with Crippen molar-refractivity contribution in [2.45, 2.75) is 37.2 Å². The molecular weight excluding hydrogens is 547 g/mol. The Labute approximate surface area is 234 Å². The summed E-state index contributed by atoms with van der Waals surface area (Å²) >= 11 is 0. The molecule has 0 radical (unpaired) electrons. The van der Waals surface area contributed by atoms with Crippen LogP contribution in [0.3, 0.4) is 0 Å². The van der Waals surface area contributed by atoms with E-state index in [-0.39, 0.29) is 11.6 Å². The molecule has 3 heterocycles. The summed E-state index contributed by atoms with van der Waals surface area (Å²) in [6.07, 6.45) is -1.74. The highest BCUT2D eigenvalue weighted by molar-refractivity contribution is 5.96. The number of carboxylic acids is 1. The molecule has 0 saturated carbocycles. The van der Waals surface area contributed by atoms with Crippen LogP contribution in [0.5, 0.6) is 5.88 Å². The number of aromatic nitrogens is 1. The second kappa shape index (κ2) is 13.2. The van der Waals surface area contributed by atoms with E-state index in [1.165, 1.54) is 6.07 Å². The maximum atomic E-state index is 13.0. The largest absolute Gasteiger partial charge is 0.481 e. The molecule has 1 aromatic heterocycles. The number of carboxylic acid groups (broad SMARTS) is 1. The maximum absolute atomic E-state index is 13.0. The number of carbonyl (C=O) groups is 3. The summed E-state index contributed by atoms with van der Waals surface area (Å²) in [7, 11) is 1.56. The third kappa shape index (κ3) is 8.07. The standard InChI is InChI=1S/C27H32F3N5O6/c1-40-24-6-5-20(12-31-24)34-9-7-19(8-10-34)35-14-21(22(15-35)41-16-25(37)38)33-23(36)13-32-26(39)17-3-2-4-18(11-17)27(28,29)30/h2-6,11-12,19,21-22H,7-10,13-16H2,1H3,(H,32,39)(H,33,36)(H,37,38). The van der Waals surface area contributed by atoms with Gasteiger partial charge in [0.1, 0.15) is 6.61 Å². The van der Waals surface area contributed by atoms with E-state index in [2.05, 4.69) is 25.4 Å². The molecule has 2 aliphatic heterocycles. The third-order valence-electron chi connectivity index (χ3n) is 7.20. The van der Waals surface area contributed by atoms with Crippen molar-refractivity contribution in [1.82, 2.24) is 20.5 Å². The van der Waals surface area contributed by atoms with Crippen LogP contribution in [0, 0.1) is 0 Å². The zero-order valence-corrected chi connectivity index (χ0v) is 22.4. The Morgan fingerprint density at radius 1 is 1.12 bits per heavy atom. The molecule has 2 amide bonds. The summed E-state index contributed by atoms with van der Waals surface area (Å²) in [5.41, 5.74) is -0.199. The van der Waals surface area contributed by atoms with Gasteiger partial charge >= 0.3 is 12.1 Å². The highest BCUT2D eigenvalue weighted by Crippen LogP contribution is 2.30. The molecule has 1 aromatic carbocycles. The lowest BCUT2D eigenvalue weighted by Gasteiger charge is -2.37. The van der Waals surface area contributed by atoms with E-state index in [0.29, 0.717) is 25.0 Å². The number of aliphatic carboxylic acids is 1. The van der Waals surface area contributed by atoms with Gasteiger partial charge < -0.3 is 30.1 Å². The lowest BCUT2D eigenvalue weighted by molar-refractivity contribution is -0.144. The quantitative estimate of drug-likeness (QED) is 0.385. The second-order valence-electron chi connectivity index (χ2n) is 9.91. The van der Waals surface area contributed by atoms with Crippen LogP contribution in [0.4, 0.5) is 18.9 Å². The van der Waals surface area contributed by atoms with Crippen molar-refractivity contribution >= 4 is 23.5 Å². The Hall–Kier alpha value is -3.91. The first-order chi connectivity index (χ1) is 19.5. The van der Waals surface area contributed by atoms with Crippen LogP contribution < -0.4 is 20.3 Å². The molecule has 2 fully saturated rings. The van der Waals surface area contributed by atoms with E-state index in [1.54, 1.807) is 13.3 Å². The van der Waals surface area contributed by atoms with Crippen molar-refractivity contribution < 1.29 is 42.1 Å². The Morgan fingerprint density at radius 2 is 1.88 bits per heavy atom. The number of amides is 2. The fourth-order valence-electron chi connectivity index (χ4n) is 5.11. The van der Waals surface area contributed by atoms with Gasteiger partial charge in [0.05, 0.1) is 43.2 Å². The monoisotopic (exact) mass is 579 g/mol. The molecule has 2 unspecified atom stereocenters. The number of methoxy groups -OCH3 is 1. The van der Waals surface area contributed by atoms with Crippen LogP contribution in [0.25, 0.3) is 0 Å². The van der Waals surface area contributed by atoms with Crippen LogP contribution in [-0.4, -0.2) is 97.4 Å². The number of halogens is 3. The number of rotatable bonds is 10. The molecule has 11 nitrogen and oxygen atoms in total. The second-order valence-corrected chi connectivity index (χ2v) is 9.91. The zero-order chi connectivity index (χ0) is 29.6. The molecular formula is C27H32F3N5O6. The molecule has 4 rings (SSSR count). The Kier molecular flexibility index (Phi) is 9.65. The Balaban J connectivity index is 1.31. The van der Waals surface area contributed by atoms with Gasteiger partial charge in [0.2, 0.25) is 11.8 Å². The van der Waals surface area contributed by atoms with Crippen molar-refractivity contribution in [2.75, 3.05) is 51.3 Å². The van der Waals surface area contributed by atoms with Gasteiger partial charge in [-0.25, -0.2) is 9.78 Å².